The van der Waals surface area contributed by atoms with Crippen LogP contribution in [0.4, 0.5) is 4.39 Å². The van der Waals surface area contributed by atoms with Crippen molar-refractivity contribution in [1.29, 1.82) is 0 Å². The normalized spacial score (nSPS) is 19.2. The summed E-state index contributed by atoms with van der Waals surface area (Å²) < 4.78 is 14.1. The van der Waals surface area contributed by atoms with Gasteiger partial charge in [0.15, 0.2) is 0 Å². The standard InChI is InChI=1S/C16H24FN/c1-12-6-7-13(15(2,3)17)10-14(12)16(11-18)8-4-5-9-16/h6-7,10H,4-5,8-9,11,18H2,1-3H3. The highest BCUT2D eigenvalue weighted by Gasteiger charge is 2.36. The topological polar surface area (TPSA) is 26.0 Å². The molecule has 0 spiro atoms. The van der Waals surface area contributed by atoms with E-state index < -0.39 is 5.67 Å². The molecule has 0 unspecified atom stereocenters. The van der Waals surface area contributed by atoms with Crippen molar-refractivity contribution in [2.24, 2.45) is 5.73 Å². The Morgan fingerprint density at radius 3 is 2.39 bits per heavy atom. The number of halogens is 1. The molecule has 0 aliphatic heterocycles. The average molecular weight is 249 g/mol. The number of benzene rings is 1. The minimum atomic E-state index is -1.28. The molecule has 1 saturated carbocycles. The summed E-state index contributed by atoms with van der Waals surface area (Å²) in [7, 11) is 0. The molecule has 0 heterocycles. The predicted molar refractivity (Wildman–Crippen MR) is 74.5 cm³/mol. The maximum Gasteiger partial charge on any atom is 0.130 e. The lowest BCUT2D eigenvalue weighted by atomic mass is 9.75. The quantitative estimate of drug-likeness (QED) is 0.861. The fraction of sp³-hybridized carbons (Fsp3) is 0.625. The minimum absolute atomic E-state index is 0.0886. The zero-order valence-electron chi connectivity index (χ0n) is 11.7. The second-order valence-electron chi connectivity index (χ2n) is 6.19. The van der Waals surface area contributed by atoms with Gasteiger partial charge in [0, 0.05) is 12.0 Å². The van der Waals surface area contributed by atoms with Crippen LogP contribution in [0, 0.1) is 6.92 Å². The van der Waals surface area contributed by atoms with Gasteiger partial charge in [-0.25, -0.2) is 4.39 Å². The van der Waals surface area contributed by atoms with Crippen LogP contribution in [-0.4, -0.2) is 6.54 Å². The van der Waals surface area contributed by atoms with E-state index in [4.69, 9.17) is 5.73 Å². The molecule has 0 radical (unpaired) electrons. The van der Waals surface area contributed by atoms with Crippen molar-refractivity contribution in [3.63, 3.8) is 0 Å². The highest BCUT2D eigenvalue weighted by Crippen LogP contribution is 2.42. The van der Waals surface area contributed by atoms with Gasteiger partial charge in [-0.1, -0.05) is 31.0 Å². The average Bonchev–Trinajstić information content (AvgIpc) is 2.77. The summed E-state index contributed by atoms with van der Waals surface area (Å²) in [6.07, 6.45) is 4.75. The molecule has 1 aromatic carbocycles. The fourth-order valence-corrected chi connectivity index (χ4v) is 3.20. The van der Waals surface area contributed by atoms with E-state index in [1.165, 1.54) is 24.0 Å². The van der Waals surface area contributed by atoms with E-state index in [9.17, 15) is 4.39 Å². The summed E-state index contributed by atoms with van der Waals surface area (Å²) in [6.45, 7) is 6.01. The maximum atomic E-state index is 14.1. The Balaban J connectivity index is 2.49. The maximum absolute atomic E-state index is 14.1. The summed E-state index contributed by atoms with van der Waals surface area (Å²) >= 11 is 0. The second kappa shape index (κ2) is 4.65. The van der Waals surface area contributed by atoms with E-state index in [1.54, 1.807) is 13.8 Å². The minimum Gasteiger partial charge on any atom is -0.330 e. The Labute approximate surface area is 110 Å². The van der Waals surface area contributed by atoms with Gasteiger partial charge in [-0.3, -0.25) is 0 Å². The molecule has 1 fully saturated rings. The third-order valence-corrected chi connectivity index (χ3v) is 4.45. The Kier molecular flexibility index (Phi) is 3.50. The van der Waals surface area contributed by atoms with E-state index in [0.29, 0.717) is 6.54 Å². The third-order valence-electron chi connectivity index (χ3n) is 4.45. The molecule has 1 aliphatic carbocycles. The molecule has 1 nitrogen and oxygen atoms in total. The molecule has 0 amide bonds. The van der Waals surface area contributed by atoms with Crippen molar-refractivity contribution in [2.45, 2.75) is 57.5 Å². The SMILES string of the molecule is Cc1ccc(C(C)(C)F)cc1C1(CN)CCCC1. The molecule has 1 aromatic rings. The molecule has 0 saturated heterocycles. The highest BCUT2D eigenvalue weighted by molar-refractivity contribution is 5.40. The van der Waals surface area contributed by atoms with Crippen LogP contribution in [0.3, 0.4) is 0 Å². The monoisotopic (exact) mass is 249 g/mol. The summed E-state index contributed by atoms with van der Waals surface area (Å²) in [5, 5.41) is 0. The fourth-order valence-electron chi connectivity index (χ4n) is 3.20. The summed E-state index contributed by atoms with van der Waals surface area (Å²) in [6, 6.07) is 5.99. The summed E-state index contributed by atoms with van der Waals surface area (Å²) in [5.74, 6) is 0. The van der Waals surface area contributed by atoms with E-state index >= 15 is 0 Å². The van der Waals surface area contributed by atoms with Gasteiger partial charge in [0.05, 0.1) is 0 Å². The largest absolute Gasteiger partial charge is 0.330 e. The Bertz CT molecular complexity index is 425. The van der Waals surface area contributed by atoms with E-state index in [0.717, 1.165) is 18.4 Å². The van der Waals surface area contributed by atoms with Crippen LogP contribution < -0.4 is 5.73 Å². The van der Waals surface area contributed by atoms with E-state index in [1.807, 2.05) is 18.2 Å². The molecule has 18 heavy (non-hydrogen) atoms. The lowest BCUT2D eigenvalue weighted by molar-refractivity contribution is 0.221. The van der Waals surface area contributed by atoms with Gasteiger partial charge >= 0.3 is 0 Å². The Morgan fingerprint density at radius 1 is 1.28 bits per heavy atom. The third kappa shape index (κ3) is 2.31. The van der Waals surface area contributed by atoms with Crippen molar-refractivity contribution in [2.75, 3.05) is 6.54 Å². The van der Waals surface area contributed by atoms with Crippen LogP contribution >= 0.6 is 0 Å². The number of aryl methyl sites for hydroxylation is 1. The first-order chi connectivity index (χ1) is 8.39. The van der Waals surface area contributed by atoms with Crippen LogP contribution in [0.15, 0.2) is 18.2 Å². The van der Waals surface area contributed by atoms with Crippen LogP contribution in [0.2, 0.25) is 0 Å². The number of hydrogen-bond acceptors (Lipinski definition) is 1. The Morgan fingerprint density at radius 2 is 1.89 bits per heavy atom. The molecular formula is C16H24FN. The van der Waals surface area contributed by atoms with Gasteiger partial charge in [0.2, 0.25) is 0 Å². The number of hydrogen-bond donors (Lipinski definition) is 1. The predicted octanol–water partition coefficient (Wildman–Crippen LogP) is 3.97. The van der Waals surface area contributed by atoms with Crippen molar-refractivity contribution in [3.8, 4) is 0 Å². The summed E-state index contributed by atoms with van der Waals surface area (Å²) in [4.78, 5) is 0. The van der Waals surface area contributed by atoms with Crippen molar-refractivity contribution >= 4 is 0 Å². The molecule has 2 rings (SSSR count). The van der Waals surface area contributed by atoms with Crippen LogP contribution in [0.5, 0.6) is 0 Å². The second-order valence-corrected chi connectivity index (χ2v) is 6.19. The van der Waals surface area contributed by atoms with Gasteiger partial charge in [-0.15, -0.1) is 0 Å². The molecular weight excluding hydrogens is 225 g/mol. The zero-order chi connectivity index (χ0) is 13.4. The van der Waals surface area contributed by atoms with Crippen molar-refractivity contribution in [3.05, 3.63) is 34.9 Å². The molecule has 0 aromatic heterocycles. The smallest absolute Gasteiger partial charge is 0.130 e. The first-order valence-corrected chi connectivity index (χ1v) is 6.90. The van der Waals surface area contributed by atoms with E-state index in [2.05, 4.69) is 6.92 Å². The molecule has 0 atom stereocenters. The van der Waals surface area contributed by atoms with Crippen molar-refractivity contribution < 1.29 is 4.39 Å². The van der Waals surface area contributed by atoms with Gasteiger partial charge in [-0.05, 0) is 50.3 Å². The molecule has 2 N–H and O–H groups in total. The highest BCUT2D eigenvalue weighted by atomic mass is 19.1. The van der Waals surface area contributed by atoms with Gasteiger partial charge in [0.1, 0.15) is 5.67 Å². The first kappa shape index (κ1) is 13.5. The van der Waals surface area contributed by atoms with Gasteiger partial charge < -0.3 is 5.73 Å². The molecule has 0 bridgehead atoms. The van der Waals surface area contributed by atoms with E-state index in [-0.39, 0.29) is 5.41 Å². The lowest BCUT2D eigenvalue weighted by Gasteiger charge is -2.31. The first-order valence-electron chi connectivity index (χ1n) is 6.90. The van der Waals surface area contributed by atoms with Crippen molar-refractivity contribution in [1.82, 2.24) is 0 Å². The number of rotatable bonds is 3. The number of nitrogens with two attached hydrogens (primary N) is 1. The van der Waals surface area contributed by atoms with Crippen LogP contribution in [0.1, 0.15) is 56.2 Å². The lowest BCUT2D eigenvalue weighted by Crippen LogP contribution is -2.33. The zero-order valence-corrected chi connectivity index (χ0v) is 11.7. The van der Waals surface area contributed by atoms with Gasteiger partial charge in [-0.2, -0.15) is 0 Å². The Hall–Kier alpha value is -0.890. The van der Waals surface area contributed by atoms with Gasteiger partial charge in [0.25, 0.3) is 0 Å². The number of alkyl halides is 1. The summed E-state index contributed by atoms with van der Waals surface area (Å²) in [5.41, 5.74) is 8.12. The molecule has 2 heteroatoms. The molecule has 1 aliphatic rings. The van der Waals surface area contributed by atoms with Crippen LogP contribution in [0.25, 0.3) is 0 Å². The molecule has 100 valence electrons. The van der Waals surface area contributed by atoms with Crippen LogP contribution in [-0.2, 0) is 11.1 Å².